The van der Waals surface area contributed by atoms with Gasteiger partial charge in [0, 0.05) is 30.2 Å². The Morgan fingerprint density at radius 1 is 1.19 bits per heavy atom. The number of hydrogen-bond acceptors (Lipinski definition) is 2. The van der Waals surface area contributed by atoms with Gasteiger partial charge in [0.05, 0.1) is 5.56 Å². The SMILES string of the molecule is CNCCNC(=O)c1cc(C)n(-c2ccc(F)cc2)c1C. The summed E-state index contributed by atoms with van der Waals surface area (Å²) in [6.45, 7) is 5.13. The number of rotatable bonds is 5. The van der Waals surface area contributed by atoms with Crippen LogP contribution in [0.25, 0.3) is 5.69 Å². The number of halogens is 1. The van der Waals surface area contributed by atoms with E-state index < -0.39 is 0 Å². The second-order valence-electron chi connectivity index (χ2n) is 4.96. The van der Waals surface area contributed by atoms with Crippen LogP contribution in [0.3, 0.4) is 0 Å². The number of aryl methyl sites for hydroxylation is 1. The van der Waals surface area contributed by atoms with Crippen LogP contribution in [-0.2, 0) is 0 Å². The fourth-order valence-electron chi connectivity index (χ4n) is 2.38. The highest BCUT2D eigenvalue weighted by atomic mass is 19.1. The van der Waals surface area contributed by atoms with E-state index in [9.17, 15) is 9.18 Å². The highest BCUT2D eigenvalue weighted by molar-refractivity contribution is 5.95. The number of nitrogens with one attached hydrogen (secondary N) is 2. The van der Waals surface area contributed by atoms with Gasteiger partial charge >= 0.3 is 0 Å². The Kier molecular flexibility index (Phi) is 4.75. The third-order valence-corrected chi connectivity index (χ3v) is 3.42. The van der Waals surface area contributed by atoms with Crippen molar-refractivity contribution in [3.63, 3.8) is 0 Å². The fourth-order valence-corrected chi connectivity index (χ4v) is 2.38. The Balaban J connectivity index is 2.29. The Labute approximate surface area is 124 Å². The molecule has 1 aromatic heterocycles. The average Bonchev–Trinajstić information content (AvgIpc) is 2.76. The van der Waals surface area contributed by atoms with Gasteiger partial charge in [-0.25, -0.2) is 4.39 Å². The van der Waals surface area contributed by atoms with Crippen LogP contribution in [0.2, 0.25) is 0 Å². The van der Waals surface area contributed by atoms with Crippen molar-refractivity contribution < 1.29 is 9.18 Å². The van der Waals surface area contributed by atoms with Crippen molar-refractivity contribution in [3.05, 3.63) is 53.1 Å². The van der Waals surface area contributed by atoms with E-state index in [0.29, 0.717) is 12.1 Å². The van der Waals surface area contributed by atoms with Crippen LogP contribution in [0, 0.1) is 19.7 Å². The lowest BCUT2D eigenvalue weighted by atomic mass is 10.2. The molecule has 0 radical (unpaired) electrons. The number of hydrogen-bond donors (Lipinski definition) is 2. The Morgan fingerprint density at radius 3 is 2.48 bits per heavy atom. The van der Waals surface area contributed by atoms with E-state index in [1.807, 2.05) is 31.5 Å². The van der Waals surface area contributed by atoms with Crippen LogP contribution >= 0.6 is 0 Å². The highest BCUT2D eigenvalue weighted by Crippen LogP contribution is 2.21. The molecule has 0 unspecified atom stereocenters. The van der Waals surface area contributed by atoms with Crippen molar-refractivity contribution in [2.24, 2.45) is 0 Å². The molecular weight excluding hydrogens is 269 g/mol. The van der Waals surface area contributed by atoms with Gasteiger partial charge in [-0.2, -0.15) is 0 Å². The Morgan fingerprint density at radius 2 is 1.86 bits per heavy atom. The molecule has 2 aromatic rings. The topological polar surface area (TPSA) is 46.1 Å². The van der Waals surface area contributed by atoms with E-state index in [1.165, 1.54) is 12.1 Å². The summed E-state index contributed by atoms with van der Waals surface area (Å²) in [7, 11) is 1.84. The molecule has 0 aliphatic rings. The van der Waals surface area contributed by atoms with Crippen molar-refractivity contribution in [2.45, 2.75) is 13.8 Å². The zero-order valence-electron chi connectivity index (χ0n) is 12.5. The predicted octanol–water partition coefficient (Wildman–Crippen LogP) is 2.18. The van der Waals surface area contributed by atoms with E-state index >= 15 is 0 Å². The summed E-state index contributed by atoms with van der Waals surface area (Å²) in [5, 5.41) is 5.85. The zero-order valence-corrected chi connectivity index (χ0v) is 12.5. The van der Waals surface area contributed by atoms with Crippen LogP contribution in [-0.4, -0.2) is 30.6 Å². The van der Waals surface area contributed by atoms with E-state index in [2.05, 4.69) is 10.6 Å². The number of likely N-dealkylation sites (N-methyl/N-ethyl adjacent to an activating group) is 1. The van der Waals surface area contributed by atoms with Crippen molar-refractivity contribution in [1.29, 1.82) is 0 Å². The van der Waals surface area contributed by atoms with Gasteiger partial charge in [0.15, 0.2) is 0 Å². The maximum absolute atomic E-state index is 13.0. The van der Waals surface area contributed by atoms with Crippen molar-refractivity contribution in [3.8, 4) is 5.69 Å². The molecule has 1 heterocycles. The van der Waals surface area contributed by atoms with Gasteiger partial charge in [0.2, 0.25) is 0 Å². The van der Waals surface area contributed by atoms with E-state index in [0.717, 1.165) is 23.6 Å². The molecule has 0 saturated carbocycles. The maximum Gasteiger partial charge on any atom is 0.253 e. The number of carbonyl (C=O) groups excluding carboxylic acids is 1. The van der Waals surface area contributed by atoms with Crippen molar-refractivity contribution in [1.82, 2.24) is 15.2 Å². The zero-order chi connectivity index (χ0) is 15.4. The minimum Gasteiger partial charge on any atom is -0.351 e. The molecule has 21 heavy (non-hydrogen) atoms. The number of benzene rings is 1. The molecule has 0 aliphatic carbocycles. The molecule has 0 bridgehead atoms. The summed E-state index contributed by atoms with van der Waals surface area (Å²) in [6, 6.07) is 8.10. The number of carbonyl (C=O) groups is 1. The van der Waals surface area contributed by atoms with Crippen LogP contribution in [0.15, 0.2) is 30.3 Å². The highest BCUT2D eigenvalue weighted by Gasteiger charge is 2.16. The molecule has 0 fully saturated rings. The third-order valence-electron chi connectivity index (χ3n) is 3.42. The van der Waals surface area contributed by atoms with Gasteiger partial charge in [0.25, 0.3) is 5.91 Å². The smallest absolute Gasteiger partial charge is 0.253 e. The molecule has 0 spiro atoms. The van der Waals surface area contributed by atoms with Gasteiger partial charge in [-0.15, -0.1) is 0 Å². The summed E-state index contributed by atoms with van der Waals surface area (Å²) >= 11 is 0. The molecule has 2 rings (SSSR count). The number of amides is 1. The summed E-state index contributed by atoms with van der Waals surface area (Å²) in [5.41, 5.74) is 3.28. The quantitative estimate of drug-likeness (QED) is 0.829. The van der Waals surface area contributed by atoms with E-state index in [4.69, 9.17) is 0 Å². The Hall–Kier alpha value is -2.14. The minimum absolute atomic E-state index is 0.0910. The van der Waals surface area contributed by atoms with Gasteiger partial charge in [-0.05, 0) is 51.2 Å². The lowest BCUT2D eigenvalue weighted by Crippen LogP contribution is -2.30. The molecule has 4 nitrogen and oxygen atoms in total. The molecule has 2 N–H and O–H groups in total. The third kappa shape index (κ3) is 3.31. The number of nitrogens with zero attached hydrogens (tertiary/aromatic N) is 1. The van der Waals surface area contributed by atoms with Crippen molar-refractivity contribution in [2.75, 3.05) is 20.1 Å². The normalized spacial score (nSPS) is 10.7. The standard InChI is InChI=1S/C16H20FN3O/c1-11-10-15(16(21)19-9-8-18-3)12(2)20(11)14-6-4-13(17)5-7-14/h4-7,10,18H,8-9H2,1-3H3,(H,19,21). The van der Waals surface area contributed by atoms with Crippen LogP contribution < -0.4 is 10.6 Å². The molecular formula is C16H20FN3O. The molecule has 0 saturated heterocycles. The van der Waals surface area contributed by atoms with Crippen LogP contribution in [0.1, 0.15) is 21.7 Å². The summed E-state index contributed by atoms with van der Waals surface area (Å²) < 4.78 is 15.0. The van der Waals surface area contributed by atoms with Gasteiger partial charge < -0.3 is 15.2 Å². The average molecular weight is 289 g/mol. The lowest BCUT2D eigenvalue weighted by Gasteiger charge is -2.10. The summed E-state index contributed by atoms with van der Waals surface area (Å²) in [5.74, 6) is -0.363. The Bertz CT molecular complexity index is 632. The first-order valence-corrected chi connectivity index (χ1v) is 6.92. The second-order valence-corrected chi connectivity index (χ2v) is 4.96. The van der Waals surface area contributed by atoms with Crippen molar-refractivity contribution >= 4 is 5.91 Å². The van der Waals surface area contributed by atoms with E-state index in [1.54, 1.807) is 12.1 Å². The van der Waals surface area contributed by atoms with Gasteiger partial charge in [-0.3, -0.25) is 4.79 Å². The molecule has 1 aromatic carbocycles. The molecule has 0 atom stereocenters. The molecule has 1 amide bonds. The van der Waals surface area contributed by atoms with E-state index in [-0.39, 0.29) is 11.7 Å². The minimum atomic E-state index is -0.272. The lowest BCUT2D eigenvalue weighted by molar-refractivity contribution is 0.0953. The summed E-state index contributed by atoms with van der Waals surface area (Å²) in [6.07, 6.45) is 0. The summed E-state index contributed by atoms with van der Waals surface area (Å²) in [4.78, 5) is 12.2. The first-order valence-electron chi connectivity index (χ1n) is 6.92. The van der Waals surface area contributed by atoms with Crippen LogP contribution in [0.5, 0.6) is 0 Å². The van der Waals surface area contributed by atoms with Gasteiger partial charge in [-0.1, -0.05) is 0 Å². The first-order chi connectivity index (χ1) is 10.0. The largest absolute Gasteiger partial charge is 0.351 e. The first kappa shape index (κ1) is 15.3. The van der Waals surface area contributed by atoms with Crippen LogP contribution in [0.4, 0.5) is 4.39 Å². The number of aromatic nitrogens is 1. The second kappa shape index (κ2) is 6.54. The monoisotopic (exact) mass is 289 g/mol. The molecule has 0 aliphatic heterocycles. The molecule has 112 valence electrons. The predicted molar refractivity (Wildman–Crippen MR) is 81.5 cm³/mol. The fraction of sp³-hybridized carbons (Fsp3) is 0.312. The molecule has 5 heteroatoms. The maximum atomic E-state index is 13.0. The van der Waals surface area contributed by atoms with Gasteiger partial charge in [0.1, 0.15) is 5.82 Å².